The standard InChI is InChI=1S/C32H40N6O6/c1-31(2,3)43-29(41)33-19-17-27(39)35-23-13-9-7-11-21(23)25-15-16-26(38-37-25)22-12-8-10-14-24(22)36-28(40)18-20-34-30(42)44-32(4,5)6/h7-16H,17-20H2,1-6H3,(H,33,41)(H,34,42)(H,35,39)(H,36,40). The Morgan fingerprint density at radius 1 is 0.591 bits per heavy atom. The normalized spacial score (nSPS) is 11.2. The Bertz CT molecular complexity index is 1350. The Morgan fingerprint density at radius 2 is 0.955 bits per heavy atom. The quantitative estimate of drug-likeness (QED) is 0.235. The zero-order chi connectivity index (χ0) is 32.3. The third kappa shape index (κ3) is 11.3. The van der Waals surface area contributed by atoms with Crippen LogP contribution in [-0.2, 0) is 19.1 Å². The molecule has 4 N–H and O–H groups in total. The van der Waals surface area contributed by atoms with Gasteiger partial charge in [0.2, 0.25) is 11.8 Å². The van der Waals surface area contributed by atoms with E-state index in [1.54, 1.807) is 77.9 Å². The van der Waals surface area contributed by atoms with Crippen LogP contribution in [0, 0.1) is 0 Å². The van der Waals surface area contributed by atoms with Crippen LogP contribution in [0.4, 0.5) is 21.0 Å². The van der Waals surface area contributed by atoms with E-state index in [4.69, 9.17) is 9.47 Å². The number of anilines is 2. The maximum Gasteiger partial charge on any atom is 0.407 e. The maximum absolute atomic E-state index is 12.6. The van der Waals surface area contributed by atoms with Crippen LogP contribution in [0.25, 0.3) is 22.5 Å². The van der Waals surface area contributed by atoms with Gasteiger partial charge in [0.05, 0.1) is 22.8 Å². The molecule has 234 valence electrons. The monoisotopic (exact) mass is 604 g/mol. The van der Waals surface area contributed by atoms with Crippen molar-refractivity contribution in [3.05, 3.63) is 60.7 Å². The van der Waals surface area contributed by atoms with Gasteiger partial charge in [-0.25, -0.2) is 9.59 Å². The molecule has 0 radical (unpaired) electrons. The zero-order valence-corrected chi connectivity index (χ0v) is 25.9. The van der Waals surface area contributed by atoms with Crippen LogP contribution in [0.1, 0.15) is 54.4 Å². The van der Waals surface area contributed by atoms with Crippen LogP contribution in [0.15, 0.2) is 60.7 Å². The number of ether oxygens (including phenoxy) is 2. The molecule has 0 bridgehead atoms. The van der Waals surface area contributed by atoms with Gasteiger partial charge in [-0.2, -0.15) is 0 Å². The van der Waals surface area contributed by atoms with Crippen molar-refractivity contribution in [1.82, 2.24) is 20.8 Å². The topological polar surface area (TPSA) is 161 Å². The number of aromatic nitrogens is 2. The minimum absolute atomic E-state index is 0.0533. The molecule has 12 nitrogen and oxygen atoms in total. The molecule has 0 saturated carbocycles. The summed E-state index contributed by atoms with van der Waals surface area (Å²) in [5.41, 5.74) is 2.24. The van der Waals surface area contributed by atoms with Crippen LogP contribution < -0.4 is 21.3 Å². The van der Waals surface area contributed by atoms with E-state index in [0.29, 0.717) is 33.9 Å². The van der Waals surface area contributed by atoms with Crippen LogP contribution in [0.5, 0.6) is 0 Å². The van der Waals surface area contributed by atoms with E-state index in [2.05, 4.69) is 31.5 Å². The van der Waals surface area contributed by atoms with E-state index in [1.807, 2.05) is 24.3 Å². The molecule has 0 unspecified atom stereocenters. The lowest BCUT2D eigenvalue weighted by molar-refractivity contribution is -0.116. The summed E-state index contributed by atoms with van der Waals surface area (Å²) in [6, 6.07) is 17.9. The fraction of sp³-hybridized carbons (Fsp3) is 0.375. The Balaban J connectivity index is 1.62. The van der Waals surface area contributed by atoms with Gasteiger partial charge in [-0.3, -0.25) is 9.59 Å². The van der Waals surface area contributed by atoms with E-state index in [0.717, 1.165) is 0 Å². The van der Waals surface area contributed by atoms with Crippen molar-refractivity contribution in [2.24, 2.45) is 0 Å². The number of carbonyl (C=O) groups excluding carboxylic acids is 4. The largest absolute Gasteiger partial charge is 0.444 e. The number of nitrogens with one attached hydrogen (secondary N) is 4. The molecule has 0 fully saturated rings. The number of hydrogen-bond acceptors (Lipinski definition) is 8. The van der Waals surface area contributed by atoms with Crippen molar-refractivity contribution in [3.63, 3.8) is 0 Å². The zero-order valence-electron chi connectivity index (χ0n) is 25.9. The molecule has 2 aromatic carbocycles. The summed E-state index contributed by atoms with van der Waals surface area (Å²) in [5, 5.41) is 19.6. The summed E-state index contributed by atoms with van der Waals surface area (Å²) in [6.45, 7) is 10.8. The second-order valence-electron chi connectivity index (χ2n) is 11.8. The number of benzene rings is 2. The Kier molecular flexibility index (Phi) is 11.4. The van der Waals surface area contributed by atoms with Gasteiger partial charge in [0.1, 0.15) is 11.2 Å². The van der Waals surface area contributed by atoms with E-state index in [9.17, 15) is 19.2 Å². The lowest BCUT2D eigenvalue weighted by Gasteiger charge is -2.19. The number of rotatable bonds is 10. The van der Waals surface area contributed by atoms with Crippen LogP contribution >= 0.6 is 0 Å². The SMILES string of the molecule is CC(C)(C)OC(=O)NCCC(=O)Nc1ccccc1-c1ccc(-c2ccccc2NC(=O)CCNC(=O)OC(C)(C)C)nn1. The third-order valence-corrected chi connectivity index (χ3v) is 5.66. The van der Waals surface area contributed by atoms with E-state index in [-0.39, 0.29) is 37.7 Å². The molecule has 0 aliphatic rings. The Labute approximate surface area is 257 Å². The summed E-state index contributed by atoms with van der Waals surface area (Å²) in [4.78, 5) is 48.8. The minimum atomic E-state index is -0.625. The molecule has 0 saturated heterocycles. The molecule has 12 heteroatoms. The fourth-order valence-corrected chi connectivity index (χ4v) is 3.86. The average Bonchev–Trinajstić information content (AvgIpc) is 2.92. The summed E-state index contributed by atoms with van der Waals surface area (Å²) >= 11 is 0. The molecule has 1 heterocycles. The molecule has 0 aliphatic heterocycles. The molecule has 3 aromatic rings. The molecular weight excluding hydrogens is 564 g/mol. The van der Waals surface area contributed by atoms with Gasteiger partial charge < -0.3 is 30.7 Å². The molecule has 3 rings (SSSR count). The lowest BCUT2D eigenvalue weighted by atomic mass is 10.1. The number of alkyl carbamates (subject to hydrolysis) is 2. The summed E-state index contributed by atoms with van der Waals surface area (Å²) in [6.07, 6.45) is -1.06. The fourth-order valence-electron chi connectivity index (χ4n) is 3.86. The van der Waals surface area contributed by atoms with Crippen molar-refractivity contribution >= 4 is 35.4 Å². The number of nitrogens with zero attached hydrogens (tertiary/aromatic N) is 2. The molecule has 1 aromatic heterocycles. The first-order chi connectivity index (χ1) is 20.7. The van der Waals surface area contributed by atoms with Crippen molar-refractivity contribution in [2.75, 3.05) is 23.7 Å². The van der Waals surface area contributed by atoms with Crippen molar-refractivity contribution in [2.45, 2.75) is 65.6 Å². The van der Waals surface area contributed by atoms with Gasteiger partial charge in [-0.15, -0.1) is 10.2 Å². The Hall–Kier alpha value is -5.00. The van der Waals surface area contributed by atoms with Crippen LogP contribution in [0.2, 0.25) is 0 Å². The molecular formula is C32H40N6O6. The van der Waals surface area contributed by atoms with Gasteiger partial charge in [-0.1, -0.05) is 36.4 Å². The van der Waals surface area contributed by atoms with E-state index < -0.39 is 23.4 Å². The van der Waals surface area contributed by atoms with Gasteiger partial charge in [-0.05, 0) is 65.8 Å². The summed E-state index contributed by atoms with van der Waals surface area (Å²) in [5.74, 6) is -0.576. The third-order valence-electron chi connectivity index (χ3n) is 5.66. The number of carbonyl (C=O) groups is 4. The van der Waals surface area contributed by atoms with Crippen LogP contribution in [-0.4, -0.2) is 58.5 Å². The Morgan fingerprint density at radius 3 is 1.30 bits per heavy atom. The first-order valence-electron chi connectivity index (χ1n) is 14.3. The van der Waals surface area contributed by atoms with E-state index in [1.165, 1.54) is 0 Å². The molecule has 0 aliphatic carbocycles. The highest BCUT2D eigenvalue weighted by Gasteiger charge is 2.18. The first kappa shape index (κ1) is 33.5. The highest BCUT2D eigenvalue weighted by molar-refractivity contribution is 5.96. The predicted octanol–water partition coefficient (Wildman–Crippen LogP) is 5.52. The molecule has 44 heavy (non-hydrogen) atoms. The average molecular weight is 605 g/mol. The molecule has 0 atom stereocenters. The second kappa shape index (κ2) is 14.9. The van der Waals surface area contributed by atoms with Gasteiger partial charge in [0, 0.05) is 37.1 Å². The van der Waals surface area contributed by atoms with Crippen LogP contribution in [0.3, 0.4) is 0 Å². The smallest absolute Gasteiger partial charge is 0.407 e. The summed E-state index contributed by atoms with van der Waals surface area (Å²) in [7, 11) is 0. The minimum Gasteiger partial charge on any atom is -0.444 e. The number of amides is 4. The van der Waals surface area contributed by atoms with E-state index >= 15 is 0 Å². The number of para-hydroxylation sites is 2. The maximum atomic E-state index is 12.6. The van der Waals surface area contributed by atoms with Crippen molar-refractivity contribution < 1.29 is 28.7 Å². The predicted molar refractivity (Wildman–Crippen MR) is 168 cm³/mol. The van der Waals surface area contributed by atoms with Gasteiger partial charge >= 0.3 is 12.2 Å². The first-order valence-corrected chi connectivity index (χ1v) is 14.3. The number of hydrogen-bond donors (Lipinski definition) is 4. The highest BCUT2D eigenvalue weighted by Crippen LogP contribution is 2.30. The van der Waals surface area contributed by atoms with Crippen molar-refractivity contribution in [3.8, 4) is 22.5 Å². The highest BCUT2D eigenvalue weighted by atomic mass is 16.6. The lowest BCUT2D eigenvalue weighted by Crippen LogP contribution is -2.34. The van der Waals surface area contributed by atoms with Crippen molar-refractivity contribution in [1.29, 1.82) is 0 Å². The molecule has 0 spiro atoms. The second-order valence-corrected chi connectivity index (χ2v) is 11.8. The van der Waals surface area contributed by atoms with Gasteiger partial charge in [0.25, 0.3) is 0 Å². The van der Waals surface area contributed by atoms with Gasteiger partial charge in [0.15, 0.2) is 0 Å². The summed E-state index contributed by atoms with van der Waals surface area (Å²) < 4.78 is 10.4. The molecule has 4 amide bonds.